The van der Waals surface area contributed by atoms with Crippen molar-refractivity contribution >= 4 is 0 Å². The van der Waals surface area contributed by atoms with Crippen molar-refractivity contribution in [2.24, 2.45) is 0 Å². The Kier molecular flexibility index (Phi) is 8.81. The molecule has 0 N–H and O–H groups in total. The fourth-order valence-corrected chi connectivity index (χ4v) is 1.15. The third kappa shape index (κ3) is 5.85. The summed E-state index contributed by atoms with van der Waals surface area (Å²) in [6.07, 6.45) is 5.78. The van der Waals surface area contributed by atoms with Crippen molar-refractivity contribution in [2.75, 3.05) is 26.4 Å². The van der Waals surface area contributed by atoms with E-state index in [1.165, 1.54) is 0 Å². The van der Waals surface area contributed by atoms with E-state index in [9.17, 15) is 0 Å². The Labute approximate surface area is 98.4 Å². The van der Waals surface area contributed by atoms with Crippen molar-refractivity contribution in [3.05, 3.63) is 38.0 Å². The molecule has 0 saturated carbocycles. The highest BCUT2D eigenvalue weighted by Gasteiger charge is 2.29. The first-order valence-electron chi connectivity index (χ1n) is 5.43. The van der Waals surface area contributed by atoms with Crippen molar-refractivity contribution in [3.8, 4) is 0 Å². The van der Waals surface area contributed by atoms with E-state index in [4.69, 9.17) is 14.2 Å². The molecule has 0 aliphatic carbocycles. The molecular weight excluding hydrogens is 204 g/mol. The molecule has 0 unspecified atom stereocenters. The van der Waals surface area contributed by atoms with Crippen LogP contribution in [0.4, 0.5) is 0 Å². The van der Waals surface area contributed by atoms with Gasteiger partial charge in [0.1, 0.15) is 6.61 Å². The summed E-state index contributed by atoms with van der Waals surface area (Å²) >= 11 is 0. The van der Waals surface area contributed by atoms with E-state index in [1.54, 1.807) is 18.2 Å². The quantitative estimate of drug-likeness (QED) is 0.308. The van der Waals surface area contributed by atoms with Gasteiger partial charge in [0, 0.05) is 6.42 Å². The van der Waals surface area contributed by atoms with Gasteiger partial charge in [0.25, 0.3) is 0 Å². The third-order valence-corrected chi connectivity index (χ3v) is 2.02. The zero-order valence-electron chi connectivity index (χ0n) is 10.1. The zero-order valence-corrected chi connectivity index (χ0v) is 10.1. The van der Waals surface area contributed by atoms with Gasteiger partial charge >= 0.3 is 0 Å². The van der Waals surface area contributed by atoms with Gasteiger partial charge in [0.15, 0.2) is 5.79 Å². The summed E-state index contributed by atoms with van der Waals surface area (Å²) in [5, 5.41) is 0. The largest absolute Gasteiger partial charge is 0.372 e. The second-order valence-electron chi connectivity index (χ2n) is 3.27. The first-order valence-corrected chi connectivity index (χ1v) is 5.43. The van der Waals surface area contributed by atoms with E-state index in [2.05, 4.69) is 19.7 Å². The molecule has 0 fully saturated rings. The summed E-state index contributed by atoms with van der Waals surface area (Å²) in [5.41, 5.74) is 0. The standard InChI is InChI=1S/C13H22O3/c1-5-9-14-12-13(8-4,15-10-6-2)16-11-7-3/h5-7H,1-3,8-12H2,4H3. The minimum absolute atomic E-state index is 0.372. The van der Waals surface area contributed by atoms with Gasteiger partial charge < -0.3 is 14.2 Å². The topological polar surface area (TPSA) is 27.7 Å². The minimum atomic E-state index is -0.717. The van der Waals surface area contributed by atoms with Crippen LogP contribution in [0.2, 0.25) is 0 Å². The zero-order chi connectivity index (χ0) is 12.3. The minimum Gasteiger partial charge on any atom is -0.372 e. The molecule has 0 aromatic carbocycles. The Bertz CT molecular complexity index is 199. The van der Waals surface area contributed by atoms with Crippen LogP contribution < -0.4 is 0 Å². The molecule has 3 heteroatoms. The van der Waals surface area contributed by atoms with Gasteiger partial charge in [-0.3, -0.25) is 0 Å². The van der Waals surface area contributed by atoms with Crippen LogP contribution in [0.5, 0.6) is 0 Å². The summed E-state index contributed by atoms with van der Waals surface area (Å²) < 4.78 is 16.7. The van der Waals surface area contributed by atoms with E-state index in [1.807, 2.05) is 6.92 Å². The molecule has 0 aromatic rings. The number of hydrogen-bond acceptors (Lipinski definition) is 3. The average molecular weight is 226 g/mol. The molecule has 0 spiro atoms. The summed E-state index contributed by atoms with van der Waals surface area (Å²) in [6, 6.07) is 0. The van der Waals surface area contributed by atoms with Crippen LogP contribution in [0.25, 0.3) is 0 Å². The lowest BCUT2D eigenvalue weighted by Crippen LogP contribution is -2.40. The van der Waals surface area contributed by atoms with Crippen molar-refractivity contribution in [3.63, 3.8) is 0 Å². The van der Waals surface area contributed by atoms with E-state index in [-0.39, 0.29) is 0 Å². The molecule has 0 bridgehead atoms. The Balaban J connectivity index is 4.31. The Hall–Kier alpha value is -0.900. The van der Waals surface area contributed by atoms with E-state index in [0.717, 1.165) is 0 Å². The molecule has 0 aromatic heterocycles. The van der Waals surface area contributed by atoms with Crippen molar-refractivity contribution in [2.45, 2.75) is 19.1 Å². The van der Waals surface area contributed by atoms with Crippen LogP contribution in [-0.2, 0) is 14.2 Å². The fourth-order valence-electron chi connectivity index (χ4n) is 1.15. The van der Waals surface area contributed by atoms with Crippen LogP contribution in [-0.4, -0.2) is 32.2 Å². The SMILES string of the molecule is C=CCOCC(CC)(OCC=C)OCC=C. The molecule has 0 radical (unpaired) electrons. The lowest BCUT2D eigenvalue weighted by Gasteiger charge is -2.31. The molecule has 0 aliphatic heterocycles. The van der Waals surface area contributed by atoms with Crippen LogP contribution in [0.3, 0.4) is 0 Å². The van der Waals surface area contributed by atoms with E-state index >= 15 is 0 Å². The number of rotatable bonds is 11. The molecule has 0 rings (SSSR count). The van der Waals surface area contributed by atoms with Crippen LogP contribution in [0, 0.1) is 0 Å². The molecule has 0 heterocycles. The maximum absolute atomic E-state index is 5.63. The highest BCUT2D eigenvalue weighted by Crippen LogP contribution is 2.19. The van der Waals surface area contributed by atoms with Crippen molar-refractivity contribution in [1.82, 2.24) is 0 Å². The summed E-state index contributed by atoms with van der Waals surface area (Å²) in [5.74, 6) is -0.717. The monoisotopic (exact) mass is 226 g/mol. The molecule has 3 nitrogen and oxygen atoms in total. The predicted molar refractivity (Wildman–Crippen MR) is 66.3 cm³/mol. The van der Waals surface area contributed by atoms with Crippen LogP contribution >= 0.6 is 0 Å². The Morgan fingerprint density at radius 1 is 0.938 bits per heavy atom. The lowest BCUT2D eigenvalue weighted by molar-refractivity contribution is -0.251. The first kappa shape index (κ1) is 15.1. The smallest absolute Gasteiger partial charge is 0.192 e. The fraction of sp³-hybridized carbons (Fsp3) is 0.538. The number of ether oxygens (including phenoxy) is 3. The lowest BCUT2D eigenvalue weighted by atomic mass is 10.2. The van der Waals surface area contributed by atoms with Gasteiger partial charge in [0.2, 0.25) is 0 Å². The van der Waals surface area contributed by atoms with Gasteiger partial charge in [-0.15, -0.1) is 19.7 Å². The van der Waals surface area contributed by atoms with Gasteiger partial charge in [-0.1, -0.05) is 25.2 Å². The summed E-state index contributed by atoms with van der Waals surface area (Å²) in [6.45, 7) is 14.5. The Morgan fingerprint density at radius 3 is 1.81 bits per heavy atom. The van der Waals surface area contributed by atoms with Crippen LogP contribution in [0.1, 0.15) is 13.3 Å². The molecule has 0 atom stereocenters. The van der Waals surface area contributed by atoms with Gasteiger partial charge in [-0.05, 0) is 0 Å². The maximum Gasteiger partial charge on any atom is 0.192 e. The highest BCUT2D eigenvalue weighted by molar-refractivity contribution is 4.76. The maximum atomic E-state index is 5.63. The second-order valence-corrected chi connectivity index (χ2v) is 3.27. The molecule has 0 saturated heterocycles. The third-order valence-electron chi connectivity index (χ3n) is 2.02. The molecule has 92 valence electrons. The van der Waals surface area contributed by atoms with Crippen molar-refractivity contribution in [1.29, 1.82) is 0 Å². The Morgan fingerprint density at radius 2 is 1.44 bits per heavy atom. The molecular formula is C13H22O3. The van der Waals surface area contributed by atoms with E-state index < -0.39 is 5.79 Å². The summed E-state index contributed by atoms with van der Waals surface area (Å²) in [4.78, 5) is 0. The van der Waals surface area contributed by atoms with Gasteiger partial charge in [-0.25, -0.2) is 0 Å². The van der Waals surface area contributed by atoms with Gasteiger partial charge in [-0.2, -0.15) is 0 Å². The van der Waals surface area contributed by atoms with Crippen LogP contribution in [0.15, 0.2) is 38.0 Å². The average Bonchev–Trinajstić information content (AvgIpc) is 2.32. The van der Waals surface area contributed by atoms with E-state index in [0.29, 0.717) is 32.8 Å². The summed E-state index contributed by atoms with van der Waals surface area (Å²) in [7, 11) is 0. The molecule has 0 amide bonds. The van der Waals surface area contributed by atoms with Gasteiger partial charge in [0.05, 0.1) is 19.8 Å². The first-order chi connectivity index (χ1) is 7.74. The predicted octanol–water partition coefficient (Wildman–Crippen LogP) is 2.70. The number of hydrogen-bond donors (Lipinski definition) is 0. The molecule has 0 aliphatic rings. The van der Waals surface area contributed by atoms with Crippen molar-refractivity contribution < 1.29 is 14.2 Å². The normalized spacial score (nSPS) is 11.1. The highest BCUT2D eigenvalue weighted by atomic mass is 16.7. The molecule has 16 heavy (non-hydrogen) atoms. The second kappa shape index (κ2) is 9.33.